The van der Waals surface area contributed by atoms with Gasteiger partial charge >= 0.3 is 0 Å². The zero-order valence-electron chi connectivity index (χ0n) is 16.3. The first-order valence-corrected chi connectivity index (χ1v) is 9.78. The van der Waals surface area contributed by atoms with Gasteiger partial charge < -0.3 is 15.4 Å². The second-order valence-corrected chi connectivity index (χ2v) is 6.65. The van der Waals surface area contributed by atoms with Crippen molar-refractivity contribution in [2.24, 2.45) is 0 Å². The molecular formula is C23H26N4O. The molecule has 2 N–H and O–H groups in total. The van der Waals surface area contributed by atoms with E-state index in [0.29, 0.717) is 24.7 Å². The van der Waals surface area contributed by atoms with Crippen LogP contribution < -0.4 is 10.6 Å². The average Bonchev–Trinajstić information content (AvgIpc) is 2.73. The first-order chi connectivity index (χ1) is 13.8. The van der Waals surface area contributed by atoms with Crippen LogP contribution in [0.4, 0.5) is 17.3 Å². The quantitative estimate of drug-likeness (QED) is 0.588. The molecule has 1 aliphatic heterocycles. The van der Waals surface area contributed by atoms with Crippen LogP contribution >= 0.6 is 0 Å². The SMILES string of the molecule is C#CCCC#Cc1cccc(Nc2cnc(CC)c(NC3CCOCC3)n2)c1. The summed E-state index contributed by atoms with van der Waals surface area (Å²) in [6, 6.07) is 8.34. The molecular weight excluding hydrogens is 348 g/mol. The summed E-state index contributed by atoms with van der Waals surface area (Å²) in [5.41, 5.74) is 2.85. The standard InChI is InChI=1S/C23H26N4O/c1-3-5-6-7-9-18-10-8-11-20(16-18)25-22-17-24-21(4-2)23(27-22)26-19-12-14-28-15-13-19/h1,8,10-11,16-17,19H,4-6,12-15H2,2H3,(H2,25,26,27). The molecule has 5 heteroatoms. The molecule has 1 aromatic carbocycles. The number of nitrogens with zero attached hydrogens (tertiary/aromatic N) is 2. The third-order valence-corrected chi connectivity index (χ3v) is 4.51. The Morgan fingerprint density at radius 1 is 1.25 bits per heavy atom. The first kappa shape index (κ1) is 19.7. The van der Waals surface area contributed by atoms with Gasteiger partial charge in [-0.3, -0.25) is 4.98 Å². The van der Waals surface area contributed by atoms with Gasteiger partial charge in [-0.2, -0.15) is 0 Å². The van der Waals surface area contributed by atoms with Crippen molar-refractivity contribution < 1.29 is 4.74 Å². The number of ether oxygens (including phenoxy) is 1. The van der Waals surface area contributed by atoms with Gasteiger partial charge in [0.25, 0.3) is 0 Å². The summed E-state index contributed by atoms with van der Waals surface area (Å²) >= 11 is 0. The number of terminal acetylenes is 1. The maximum Gasteiger partial charge on any atom is 0.151 e. The van der Waals surface area contributed by atoms with Crippen molar-refractivity contribution in [3.63, 3.8) is 0 Å². The number of aryl methyl sites for hydroxylation is 1. The first-order valence-electron chi connectivity index (χ1n) is 9.78. The Bertz CT molecular complexity index is 885. The Morgan fingerprint density at radius 2 is 2.11 bits per heavy atom. The molecule has 1 fully saturated rings. The summed E-state index contributed by atoms with van der Waals surface area (Å²) in [6.07, 6.45) is 11.2. The minimum Gasteiger partial charge on any atom is -0.381 e. The molecule has 0 aliphatic carbocycles. The molecule has 0 bridgehead atoms. The Hall–Kier alpha value is -3.02. The van der Waals surface area contributed by atoms with Gasteiger partial charge in [-0.25, -0.2) is 4.98 Å². The largest absolute Gasteiger partial charge is 0.381 e. The fraction of sp³-hybridized carbons (Fsp3) is 0.391. The molecule has 5 nitrogen and oxygen atoms in total. The third kappa shape index (κ3) is 5.74. The molecule has 1 aromatic heterocycles. The van der Waals surface area contributed by atoms with Crippen molar-refractivity contribution in [3.05, 3.63) is 41.7 Å². The second-order valence-electron chi connectivity index (χ2n) is 6.65. The van der Waals surface area contributed by atoms with Crippen LogP contribution in [0.2, 0.25) is 0 Å². The van der Waals surface area contributed by atoms with Crippen molar-refractivity contribution >= 4 is 17.3 Å². The molecule has 3 rings (SSSR count). The van der Waals surface area contributed by atoms with Gasteiger partial charge in [0, 0.05) is 43.3 Å². The Morgan fingerprint density at radius 3 is 2.89 bits per heavy atom. The maximum atomic E-state index is 5.44. The van der Waals surface area contributed by atoms with Crippen molar-refractivity contribution in [3.8, 4) is 24.2 Å². The van der Waals surface area contributed by atoms with Gasteiger partial charge in [-0.15, -0.1) is 12.3 Å². The van der Waals surface area contributed by atoms with Crippen LogP contribution in [-0.4, -0.2) is 29.2 Å². The molecule has 144 valence electrons. The lowest BCUT2D eigenvalue weighted by atomic mass is 10.1. The van der Waals surface area contributed by atoms with E-state index in [1.807, 2.05) is 24.3 Å². The number of hydrogen-bond donors (Lipinski definition) is 2. The predicted octanol–water partition coefficient (Wildman–Crippen LogP) is 4.14. The molecule has 2 aromatic rings. The molecule has 0 radical (unpaired) electrons. The van der Waals surface area contributed by atoms with Crippen LogP contribution in [0, 0.1) is 24.2 Å². The number of nitrogens with one attached hydrogen (secondary N) is 2. The number of benzene rings is 1. The van der Waals surface area contributed by atoms with E-state index < -0.39 is 0 Å². The van der Waals surface area contributed by atoms with E-state index in [0.717, 1.165) is 55.2 Å². The Labute approximate surface area is 167 Å². The van der Waals surface area contributed by atoms with E-state index in [4.69, 9.17) is 16.1 Å². The van der Waals surface area contributed by atoms with Crippen LogP contribution in [0.25, 0.3) is 0 Å². The van der Waals surface area contributed by atoms with Crippen molar-refractivity contribution in [1.82, 2.24) is 9.97 Å². The monoisotopic (exact) mass is 374 g/mol. The Kier molecular flexibility index (Phi) is 7.29. The molecule has 0 amide bonds. The van der Waals surface area contributed by atoms with Crippen LogP contribution in [0.1, 0.15) is 43.9 Å². The van der Waals surface area contributed by atoms with E-state index in [-0.39, 0.29) is 0 Å². The second kappa shape index (κ2) is 10.3. The van der Waals surface area contributed by atoms with E-state index in [9.17, 15) is 0 Å². The Balaban J connectivity index is 1.72. The topological polar surface area (TPSA) is 59.1 Å². The molecule has 2 heterocycles. The van der Waals surface area contributed by atoms with Gasteiger partial charge in [-0.05, 0) is 37.5 Å². The fourth-order valence-electron chi connectivity index (χ4n) is 3.01. The van der Waals surface area contributed by atoms with Gasteiger partial charge in [0.1, 0.15) is 5.82 Å². The van der Waals surface area contributed by atoms with Crippen molar-refractivity contribution in [2.75, 3.05) is 23.8 Å². The predicted molar refractivity (Wildman–Crippen MR) is 114 cm³/mol. The van der Waals surface area contributed by atoms with Gasteiger partial charge in [0.05, 0.1) is 11.9 Å². The number of hydrogen-bond acceptors (Lipinski definition) is 5. The summed E-state index contributed by atoms with van der Waals surface area (Å²) in [5.74, 6) is 10.4. The van der Waals surface area contributed by atoms with Gasteiger partial charge in [0.2, 0.25) is 0 Å². The molecule has 0 saturated carbocycles. The van der Waals surface area contributed by atoms with Crippen LogP contribution in [0.3, 0.4) is 0 Å². The van der Waals surface area contributed by atoms with E-state index in [1.165, 1.54) is 0 Å². The zero-order valence-corrected chi connectivity index (χ0v) is 16.3. The summed E-state index contributed by atoms with van der Waals surface area (Å²) < 4.78 is 5.44. The molecule has 28 heavy (non-hydrogen) atoms. The smallest absolute Gasteiger partial charge is 0.151 e. The number of aromatic nitrogens is 2. The summed E-state index contributed by atoms with van der Waals surface area (Å²) in [4.78, 5) is 9.35. The highest BCUT2D eigenvalue weighted by Crippen LogP contribution is 2.21. The molecule has 0 atom stereocenters. The van der Waals surface area contributed by atoms with Crippen LogP contribution in [0.15, 0.2) is 30.5 Å². The number of unbranched alkanes of at least 4 members (excludes halogenated alkanes) is 1. The van der Waals surface area contributed by atoms with E-state index in [1.54, 1.807) is 6.20 Å². The van der Waals surface area contributed by atoms with Gasteiger partial charge in [-0.1, -0.05) is 24.8 Å². The van der Waals surface area contributed by atoms with E-state index in [2.05, 4.69) is 40.3 Å². The lowest BCUT2D eigenvalue weighted by molar-refractivity contribution is 0.0903. The third-order valence-electron chi connectivity index (χ3n) is 4.51. The maximum absolute atomic E-state index is 5.44. The minimum absolute atomic E-state index is 0.380. The zero-order chi connectivity index (χ0) is 19.6. The lowest BCUT2D eigenvalue weighted by Gasteiger charge is -2.24. The molecule has 1 aliphatic rings. The number of rotatable bonds is 6. The van der Waals surface area contributed by atoms with E-state index >= 15 is 0 Å². The van der Waals surface area contributed by atoms with Crippen LogP contribution in [-0.2, 0) is 11.2 Å². The number of anilines is 3. The average molecular weight is 374 g/mol. The van der Waals surface area contributed by atoms with Crippen molar-refractivity contribution in [2.45, 2.75) is 45.1 Å². The van der Waals surface area contributed by atoms with Gasteiger partial charge in [0.15, 0.2) is 5.82 Å². The fourth-order valence-corrected chi connectivity index (χ4v) is 3.01. The highest BCUT2D eigenvalue weighted by Gasteiger charge is 2.16. The summed E-state index contributed by atoms with van der Waals surface area (Å²) in [6.45, 7) is 3.67. The minimum atomic E-state index is 0.380. The lowest BCUT2D eigenvalue weighted by Crippen LogP contribution is -2.29. The summed E-state index contributed by atoms with van der Waals surface area (Å²) in [5, 5.41) is 6.88. The van der Waals surface area contributed by atoms with Crippen molar-refractivity contribution in [1.29, 1.82) is 0 Å². The summed E-state index contributed by atoms with van der Waals surface area (Å²) in [7, 11) is 0. The molecule has 1 saturated heterocycles. The highest BCUT2D eigenvalue weighted by molar-refractivity contribution is 5.60. The normalized spacial score (nSPS) is 13.9. The molecule has 0 unspecified atom stereocenters. The highest BCUT2D eigenvalue weighted by atomic mass is 16.5. The van der Waals surface area contributed by atoms with Crippen LogP contribution in [0.5, 0.6) is 0 Å². The molecule has 0 spiro atoms.